The fraction of sp³-hybridized carbons (Fsp3) is 0.522. The molecule has 0 aliphatic carbocycles. The summed E-state index contributed by atoms with van der Waals surface area (Å²) in [7, 11) is 2.14. The molecule has 1 aromatic carbocycles. The van der Waals surface area contributed by atoms with E-state index in [1.807, 2.05) is 0 Å². The Morgan fingerprint density at radius 1 is 0.968 bits per heavy atom. The monoisotopic (exact) mass is 424 g/mol. The van der Waals surface area contributed by atoms with Gasteiger partial charge in [0.2, 0.25) is 5.95 Å². The topological polar surface area (TPSA) is 55.8 Å². The van der Waals surface area contributed by atoms with Crippen molar-refractivity contribution >= 4 is 17.7 Å². The van der Waals surface area contributed by atoms with E-state index in [1.54, 1.807) is 17.0 Å². The maximum absolute atomic E-state index is 13.7. The third-order valence-electron chi connectivity index (χ3n) is 6.58. The molecule has 3 aliphatic rings. The summed E-state index contributed by atoms with van der Waals surface area (Å²) < 4.78 is 13.7. The van der Waals surface area contributed by atoms with Crippen LogP contribution in [-0.4, -0.2) is 78.5 Å². The number of likely N-dealkylation sites (N-methyl/N-ethyl adjacent to an activating group) is 1. The van der Waals surface area contributed by atoms with Crippen molar-refractivity contribution in [2.75, 3.05) is 62.7 Å². The molecule has 0 radical (unpaired) electrons. The van der Waals surface area contributed by atoms with Crippen LogP contribution in [0.5, 0.6) is 0 Å². The Labute approximate surface area is 182 Å². The van der Waals surface area contributed by atoms with Crippen molar-refractivity contribution in [3.63, 3.8) is 0 Å². The van der Waals surface area contributed by atoms with Crippen molar-refractivity contribution < 1.29 is 9.18 Å². The number of carbonyl (C=O) groups excluding carboxylic acids is 1. The Hall–Kier alpha value is -2.74. The molecule has 7 nitrogen and oxygen atoms in total. The first-order valence-electron chi connectivity index (χ1n) is 11.2. The van der Waals surface area contributed by atoms with Gasteiger partial charge in [0.25, 0.3) is 5.91 Å². The third kappa shape index (κ3) is 4.08. The van der Waals surface area contributed by atoms with Crippen molar-refractivity contribution in [2.45, 2.75) is 25.8 Å². The van der Waals surface area contributed by atoms with E-state index in [2.05, 4.69) is 21.7 Å². The molecule has 2 saturated heterocycles. The van der Waals surface area contributed by atoms with Crippen LogP contribution in [0.2, 0.25) is 0 Å². The summed E-state index contributed by atoms with van der Waals surface area (Å²) >= 11 is 0. The van der Waals surface area contributed by atoms with Gasteiger partial charge in [-0.15, -0.1) is 0 Å². The molecule has 0 saturated carbocycles. The normalized spacial score (nSPS) is 19.6. The summed E-state index contributed by atoms with van der Waals surface area (Å²) in [6.07, 6.45) is 3.06. The Kier molecular flexibility index (Phi) is 5.48. The van der Waals surface area contributed by atoms with Crippen LogP contribution in [0.1, 0.15) is 34.5 Å². The van der Waals surface area contributed by atoms with E-state index >= 15 is 0 Å². The van der Waals surface area contributed by atoms with Gasteiger partial charge in [0.15, 0.2) is 0 Å². The lowest BCUT2D eigenvalue weighted by molar-refractivity contribution is 0.0733. The van der Waals surface area contributed by atoms with Crippen LogP contribution in [0.25, 0.3) is 0 Å². The third-order valence-corrected chi connectivity index (χ3v) is 6.58. The minimum absolute atomic E-state index is 0.141. The second-order valence-corrected chi connectivity index (χ2v) is 8.74. The Morgan fingerprint density at radius 3 is 2.48 bits per heavy atom. The molecule has 1 amide bonds. The highest BCUT2D eigenvalue weighted by molar-refractivity contribution is 5.94. The van der Waals surface area contributed by atoms with Crippen molar-refractivity contribution in [3.8, 4) is 0 Å². The molecule has 5 rings (SSSR count). The van der Waals surface area contributed by atoms with E-state index < -0.39 is 0 Å². The van der Waals surface area contributed by atoms with Crippen LogP contribution >= 0.6 is 0 Å². The number of fused-ring (bicyclic) bond motifs is 1. The van der Waals surface area contributed by atoms with E-state index in [-0.39, 0.29) is 11.7 Å². The second kappa shape index (κ2) is 8.42. The number of hydrogen-bond donors (Lipinski definition) is 0. The average molecular weight is 425 g/mol. The fourth-order valence-electron chi connectivity index (χ4n) is 4.70. The van der Waals surface area contributed by atoms with Gasteiger partial charge in [-0.05, 0) is 38.1 Å². The van der Waals surface area contributed by atoms with Gasteiger partial charge in [0.1, 0.15) is 11.6 Å². The molecule has 3 aliphatic heterocycles. The van der Waals surface area contributed by atoms with Crippen LogP contribution in [0, 0.1) is 5.82 Å². The number of piperazine rings is 1. The first-order chi connectivity index (χ1) is 15.1. The summed E-state index contributed by atoms with van der Waals surface area (Å²) in [5.41, 5.74) is 2.48. The number of rotatable bonds is 3. The SMILES string of the molecule is CN1CCN(c2nc(N3CCCC3)nc3c2CN(C(=O)c2cccc(F)c2)CC3)CC1. The molecule has 8 heteroatoms. The standard InChI is InChI=1S/C23H29FN6O/c1-27-11-13-28(14-12-27)21-19-16-30(22(31)17-5-4-6-18(24)15-17)10-7-20(19)25-23(26-21)29-8-2-3-9-29/h4-6,15H,2-3,7-14,16H2,1H3. The fourth-order valence-corrected chi connectivity index (χ4v) is 4.70. The molecular formula is C23H29FN6O. The Balaban J connectivity index is 1.47. The number of halogens is 1. The summed E-state index contributed by atoms with van der Waals surface area (Å²) in [6.45, 7) is 6.87. The van der Waals surface area contributed by atoms with Crippen molar-refractivity contribution in [1.82, 2.24) is 19.8 Å². The van der Waals surface area contributed by atoms with E-state index in [0.29, 0.717) is 25.1 Å². The minimum atomic E-state index is -0.389. The molecule has 0 unspecified atom stereocenters. The van der Waals surface area contributed by atoms with Gasteiger partial charge in [-0.25, -0.2) is 9.37 Å². The zero-order valence-corrected chi connectivity index (χ0v) is 18.1. The van der Waals surface area contributed by atoms with Gasteiger partial charge >= 0.3 is 0 Å². The summed E-state index contributed by atoms with van der Waals surface area (Å²) in [6, 6.07) is 5.94. The largest absolute Gasteiger partial charge is 0.354 e. The Morgan fingerprint density at radius 2 is 1.74 bits per heavy atom. The maximum Gasteiger partial charge on any atom is 0.254 e. The van der Waals surface area contributed by atoms with Crippen molar-refractivity contribution in [3.05, 3.63) is 46.9 Å². The molecule has 0 N–H and O–H groups in total. The van der Waals surface area contributed by atoms with Crippen LogP contribution in [0.4, 0.5) is 16.2 Å². The number of aromatic nitrogens is 2. The lowest BCUT2D eigenvalue weighted by atomic mass is 10.0. The first kappa shape index (κ1) is 20.2. The van der Waals surface area contributed by atoms with Gasteiger partial charge in [0, 0.05) is 63.4 Å². The molecule has 31 heavy (non-hydrogen) atoms. The van der Waals surface area contributed by atoms with E-state index in [9.17, 15) is 9.18 Å². The van der Waals surface area contributed by atoms with E-state index in [4.69, 9.17) is 9.97 Å². The second-order valence-electron chi connectivity index (χ2n) is 8.74. The molecule has 1 aromatic heterocycles. The quantitative estimate of drug-likeness (QED) is 0.753. The molecule has 4 heterocycles. The van der Waals surface area contributed by atoms with Crippen LogP contribution in [0.3, 0.4) is 0 Å². The zero-order valence-electron chi connectivity index (χ0n) is 18.1. The van der Waals surface area contributed by atoms with Gasteiger partial charge in [-0.2, -0.15) is 4.98 Å². The molecule has 2 aromatic rings. The highest BCUT2D eigenvalue weighted by Gasteiger charge is 2.30. The van der Waals surface area contributed by atoms with Crippen LogP contribution in [0.15, 0.2) is 24.3 Å². The van der Waals surface area contributed by atoms with Gasteiger partial charge in [0.05, 0.1) is 12.2 Å². The van der Waals surface area contributed by atoms with Crippen molar-refractivity contribution in [1.29, 1.82) is 0 Å². The van der Waals surface area contributed by atoms with Crippen LogP contribution < -0.4 is 9.80 Å². The van der Waals surface area contributed by atoms with Gasteiger partial charge in [-0.3, -0.25) is 4.79 Å². The Bertz CT molecular complexity index is 969. The van der Waals surface area contributed by atoms with Crippen LogP contribution in [-0.2, 0) is 13.0 Å². The van der Waals surface area contributed by atoms with Gasteiger partial charge < -0.3 is 19.6 Å². The highest BCUT2D eigenvalue weighted by atomic mass is 19.1. The average Bonchev–Trinajstić information content (AvgIpc) is 3.33. The smallest absolute Gasteiger partial charge is 0.254 e. The number of hydrogen-bond acceptors (Lipinski definition) is 6. The lowest BCUT2D eigenvalue weighted by Crippen LogP contribution is -2.46. The molecular weight excluding hydrogens is 395 g/mol. The number of carbonyl (C=O) groups is 1. The predicted octanol–water partition coefficient (Wildman–Crippen LogP) is 2.17. The summed E-state index contributed by atoms with van der Waals surface area (Å²) in [4.78, 5) is 31.8. The molecule has 0 atom stereocenters. The number of benzene rings is 1. The predicted molar refractivity (Wildman–Crippen MR) is 118 cm³/mol. The minimum Gasteiger partial charge on any atom is -0.354 e. The molecule has 164 valence electrons. The van der Waals surface area contributed by atoms with Crippen molar-refractivity contribution in [2.24, 2.45) is 0 Å². The maximum atomic E-state index is 13.7. The number of anilines is 2. The molecule has 0 spiro atoms. The summed E-state index contributed by atoms with van der Waals surface area (Å²) in [5, 5.41) is 0. The molecule has 2 fully saturated rings. The number of amides is 1. The zero-order chi connectivity index (χ0) is 21.4. The first-order valence-corrected chi connectivity index (χ1v) is 11.2. The van der Waals surface area contributed by atoms with Gasteiger partial charge in [-0.1, -0.05) is 6.07 Å². The molecule has 0 bridgehead atoms. The number of nitrogens with zero attached hydrogens (tertiary/aromatic N) is 6. The summed E-state index contributed by atoms with van der Waals surface area (Å²) in [5.74, 6) is 1.27. The highest BCUT2D eigenvalue weighted by Crippen LogP contribution is 2.31. The lowest BCUT2D eigenvalue weighted by Gasteiger charge is -2.37. The van der Waals surface area contributed by atoms with E-state index in [1.165, 1.54) is 25.0 Å². The van der Waals surface area contributed by atoms with E-state index in [0.717, 1.165) is 62.3 Å².